The van der Waals surface area contributed by atoms with Crippen LogP contribution in [0.4, 0.5) is 9.18 Å². The molecule has 0 fully saturated rings. The van der Waals surface area contributed by atoms with E-state index in [9.17, 15) is 13.4 Å². The van der Waals surface area contributed by atoms with Gasteiger partial charge < -0.3 is 10.1 Å². The van der Waals surface area contributed by atoms with E-state index < -0.39 is 27.2 Å². The number of nitrogens with one attached hydrogen (secondary N) is 1. The van der Waals surface area contributed by atoms with Crippen molar-refractivity contribution in [3.8, 4) is 6.19 Å². The standard InChI is InChI=1S/C14H18FN3O3S/c1-14(2,3)21-13(19)17-8-10-5-6-11(7-12(10)15)22(4,20)18-9-16/h5-7H,8H2,1-4H3,(H,17,19)/t22-/m0/s1. The van der Waals surface area contributed by atoms with Crippen molar-refractivity contribution in [3.05, 3.63) is 29.6 Å². The van der Waals surface area contributed by atoms with Crippen LogP contribution in [0.3, 0.4) is 0 Å². The van der Waals surface area contributed by atoms with Crippen molar-refractivity contribution >= 4 is 15.8 Å². The molecule has 0 saturated carbocycles. The predicted octanol–water partition coefficient (Wildman–Crippen LogP) is 2.79. The highest BCUT2D eigenvalue weighted by molar-refractivity contribution is 7.93. The van der Waals surface area contributed by atoms with Gasteiger partial charge in [0.1, 0.15) is 11.4 Å². The number of alkyl carbamates (subject to hydrolysis) is 1. The van der Waals surface area contributed by atoms with E-state index >= 15 is 0 Å². The summed E-state index contributed by atoms with van der Waals surface area (Å²) in [5.74, 6) is -0.642. The van der Waals surface area contributed by atoms with Crippen LogP contribution in [0.25, 0.3) is 0 Å². The average Bonchev–Trinajstić information content (AvgIpc) is 2.35. The minimum atomic E-state index is -2.94. The highest BCUT2D eigenvalue weighted by atomic mass is 32.2. The van der Waals surface area contributed by atoms with Crippen molar-refractivity contribution < 1.29 is 18.1 Å². The number of hydrogen-bond donors (Lipinski definition) is 1. The number of carbonyl (C=O) groups excluding carboxylic acids is 1. The molecule has 0 unspecified atom stereocenters. The number of nitrogens with zero attached hydrogens (tertiary/aromatic N) is 2. The largest absolute Gasteiger partial charge is 0.444 e. The number of nitriles is 1. The molecule has 0 radical (unpaired) electrons. The number of hydrogen-bond acceptors (Lipinski definition) is 5. The Bertz CT molecular complexity index is 726. The molecule has 22 heavy (non-hydrogen) atoms. The van der Waals surface area contributed by atoms with Crippen LogP contribution in [0.15, 0.2) is 27.5 Å². The van der Waals surface area contributed by atoms with E-state index in [1.807, 2.05) is 0 Å². The molecule has 1 N–H and O–H groups in total. The Labute approximate surface area is 129 Å². The molecule has 1 aromatic carbocycles. The molecule has 120 valence electrons. The fraction of sp³-hybridized carbons (Fsp3) is 0.429. The fourth-order valence-corrected chi connectivity index (χ4v) is 2.42. The maximum Gasteiger partial charge on any atom is 0.407 e. The van der Waals surface area contributed by atoms with Gasteiger partial charge in [-0.25, -0.2) is 13.4 Å². The van der Waals surface area contributed by atoms with Gasteiger partial charge in [0.25, 0.3) is 0 Å². The molecular weight excluding hydrogens is 309 g/mol. The topological polar surface area (TPSA) is 91.5 Å². The van der Waals surface area contributed by atoms with Crippen molar-refractivity contribution in [1.29, 1.82) is 5.26 Å². The molecule has 6 nitrogen and oxygen atoms in total. The van der Waals surface area contributed by atoms with E-state index in [2.05, 4.69) is 9.68 Å². The maximum absolute atomic E-state index is 14.0. The Morgan fingerprint density at radius 3 is 2.64 bits per heavy atom. The van der Waals surface area contributed by atoms with Gasteiger partial charge in [-0.2, -0.15) is 5.26 Å². The lowest BCUT2D eigenvalue weighted by molar-refractivity contribution is 0.0523. The van der Waals surface area contributed by atoms with E-state index in [0.717, 1.165) is 6.07 Å². The van der Waals surface area contributed by atoms with Gasteiger partial charge in [0.15, 0.2) is 0 Å². The highest BCUT2D eigenvalue weighted by Crippen LogP contribution is 2.16. The third kappa shape index (κ3) is 5.33. The number of carbonyl (C=O) groups is 1. The van der Waals surface area contributed by atoms with E-state index in [4.69, 9.17) is 10.00 Å². The lowest BCUT2D eigenvalue weighted by atomic mass is 10.2. The summed E-state index contributed by atoms with van der Waals surface area (Å²) in [4.78, 5) is 11.6. The van der Waals surface area contributed by atoms with Crippen LogP contribution < -0.4 is 5.32 Å². The van der Waals surface area contributed by atoms with Crippen LogP contribution in [0.2, 0.25) is 0 Å². The van der Waals surface area contributed by atoms with Crippen molar-refractivity contribution in [3.63, 3.8) is 0 Å². The number of ether oxygens (including phenoxy) is 1. The van der Waals surface area contributed by atoms with Gasteiger partial charge in [-0.3, -0.25) is 0 Å². The molecule has 1 aromatic rings. The Balaban J connectivity index is 2.85. The Hall–Kier alpha value is -2.14. The normalized spacial score (nSPS) is 13.6. The number of amides is 1. The second-order valence-corrected chi connectivity index (χ2v) is 7.86. The van der Waals surface area contributed by atoms with Crippen LogP contribution >= 0.6 is 0 Å². The van der Waals surface area contributed by atoms with Crippen molar-refractivity contribution in [2.24, 2.45) is 4.36 Å². The molecule has 1 rings (SSSR count). The minimum absolute atomic E-state index is 0.0681. The van der Waals surface area contributed by atoms with Crippen LogP contribution in [-0.2, 0) is 21.0 Å². The zero-order chi connectivity index (χ0) is 17.0. The lowest BCUT2D eigenvalue weighted by Gasteiger charge is -2.19. The van der Waals surface area contributed by atoms with Gasteiger partial charge in [-0.05, 0) is 32.9 Å². The molecule has 0 aliphatic heterocycles. The Morgan fingerprint density at radius 1 is 1.50 bits per heavy atom. The zero-order valence-electron chi connectivity index (χ0n) is 12.8. The predicted molar refractivity (Wildman–Crippen MR) is 79.8 cm³/mol. The van der Waals surface area contributed by atoms with Gasteiger partial charge in [-0.1, -0.05) is 6.07 Å². The number of benzene rings is 1. The molecule has 0 bridgehead atoms. The summed E-state index contributed by atoms with van der Waals surface area (Å²) in [7, 11) is -2.94. The second kappa shape index (κ2) is 6.75. The minimum Gasteiger partial charge on any atom is -0.444 e. The molecule has 0 aromatic heterocycles. The first-order valence-corrected chi connectivity index (χ1v) is 8.33. The third-order valence-corrected chi connectivity index (χ3v) is 4.06. The quantitative estimate of drug-likeness (QED) is 0.864. The number of rotatable bonds is 3. The fourth-order valence-electron chi connectivity index (χ4n) is 1.52. The van der Waals surface area contributed by atoms with E-state index in [1.165, 1.54) is 24.6 Å². The lowest BCUT2D eigenvalue weighted by Crippen LogP contribution is -2.32. The first kappa shape index (κ1) is 17.9. The molecule has 0 aliphatic carbocycles. The summed E-state index contributed by atoms with van der Waals surface area (Å²) < 4.78 is 34.3. The Morgan fingerprint density at radius 2 is 2.14 bits per heavy atom. The molecule has 1 atom stereocenters. The van der Waals surface area contributed by atoms with Gasteiger partial charge in [0, 0.05) is 18.4 Å². The van der Waals surface area contributed by atoms with Gasteiger partial charge in [0.2, 0.25) is 6.19 Å². The summed E-state index contributed by atoms with van der Waals surface area (Å²) in [5, 5.41) is 10.9. The Kier molecular flexibility index (Phi) is 5.49. The first-order valence-electron chi connectivity index (χ1n) is 6.41. The molecule has 1 amide bonds. The average molecular weight is 327 g/mol. The van der Waals surface area contributed by atoms with Crippen molar-refractivity contribution in [2.45, 2.75) is 37.8 Å². The van der Waals surface area contributed by atoms with Crippen molar-refractivity contribution in [1.82, 2.24) is 5.32 Å². The van der Waals surface area contributed by atoms with Crippen LogP contribution in [0, 0.1) is 17.3 Å². The van der Waals surface area contributed by atoms with Gasteiger partial charge in [0.05, 0.1) is 14.6 Å². The third-order valence-electron chi connectivity index (χ3n) is 2.50. The molecule has 0 spiro atoms. The summed E-state index contributed by atoms with van der Waals surface area (Å²) in [6, 6.07) is 3.85. The van der Waals surface area contributed by atoms with Crippen LogP contribution in [-0.4, -0.2) is 22.2 Å². The maximum atomic E-state index is 14.0. The summed E-state index contributed by atoms with van der Waals surface area (Å²) in [6.07, 6.45) is 2.05. The molecule has 8 heteroatoms. The van der Waals surface area contributed by atoms with E-state index in [-0.39, 0.29) is 17.0 Å². The SMILES string of the molecule is CC(C)(C)OC(=O)NCc1ccc([S@](C)(=O)=NC#N)cc1F. The van der Waals surface area contributed by atoms with Crippen LogP contribution in [0.5, 0.6) is 0 Å². The second-order valence-electron chi connectivity index (χ2n) is 5.60. The molecule has 0 aliphatic rings. The monoisotopic (exact) mass is 327 g/mol. The molecular formula is C14H18FN3O3S. The van der Waals surface area contributed by atoms with Gasteiger partial charge in [-0.15, -0.1) is 4.36 Å². The van der Waals surface area contributed by atoms with E-state index in [1.54, 1.807) is 20.8 Å². The van der Waals surface area contributed by atoms with E-state index in [0.29, 0.717) is 0 Å². The van der Waals surface area contributed by atoms with Gasteiger partial charge >= 0.3 is 6.09 Å². The smallest absolute Gasteiger partial charge is 0.407 e. The summed E-state index contributed by atoms with van der Waals surface area (Å²) in [6.45, 7) is 5.09. The summed E-state index contributed by atoms with van der Waals surface area (Å²) >= 11 is 0. The first-order chi connectivity index (χ1) is 10.0. The number of halogens is 1. The van der Waals surface area contributed by atoms with Crippen LogP contribution in [0.1, 0.15) is 26.3 Å². The zero-order valence-corrected chi connectivity index (χ0v) is 13.7. The molecule has 0 heterocycles. The van der Waals surface area contributed by atoms with Crippen molar-refractivity contribution in [2.75, 3.05) is 6.26 Å². The molecule has 0 saturated heterocycles. The highest BCUT2D eigenvalue weighted by Gasteiger charge is 2.16. The summed E-state index contributed by atoms with van der Waals surface area (Å²) in [5.41, 5.74) is -0.430.